The van der Waals surface area contributed by atoms with Crippen molar-refractivity contribution in [3.05, 3.63) is 65.6 Å². The van der Waals surface area contributed by atoms with Gasteiger partial charge in [-0.05, 0) is 55.2 Å². The first kappa shape index (κ1) is 19.4. The van der Waals surface area contributed by atoms with Crippen LogP contribution in [0.2, 0.25) is 0 Å². The van der Waals surface area contributed by atoms with Gasteiger partial charge in [-0.2, -0.15) is 0 Å². The maximum atomic E-state index is 13.3. The number of hydrogen-bond donors (Lipinski definition) is 2. The first-order chi connectivity index (χ1) is 14.0. The third kappa shape index (κ3) is 3.72. The van der Waals surface area contributed by atoms with E-state index in [4.69, 9.17) is 5.11 Å². The fourth-order valence-electron chi connectivity index (χ4n) is 4.29. The van der Waals surface area contributed by atoms with Gasteiger partial charge in [0.2, 0.25) is 10.9 Å². The van der Waals surface area contributed by atoms with Crippen LogP contribution in [0, 0.1) is 5.82 Å². The Bertz CT molecular complexity index is 1130. The number of hydrogen-bond acceptors (Lipinski definition) is 3. The Kier molecular flexibility index (Phi) is 5.27. The highest BCUT2D eigenvalue weighted by molar-refractivity contribution is 7.74. The molecule has 3 aromatic rings. The number of aromatic nitrogens is 1. The minimum absolute atomic E-state index is 0.0304. The maximum absolute atomic E-state index is 13.3. The molecule has 4 rings (SSSR count). The van der Waals surface area contributed by atoms with E-state index in [-0.39, 0.29) is 12.5 Å². The maximum Gasteiger partial charge on any atom is 0.305 e. The van der Waals surface area contributed by atoms with Gasteiger partial charge in [-0.15, -0.1) is 0 Å². The highest BCUT2D eigenvalue weighted by Crippen LogP contribution is 2.35. The van der Waals surface area contributed by atoms with Crippen molar-refractivity contribution >= 4 is 33.4 Å². The second-order valence-electron chi connectivity index (χ2n) is 7.19. The molecule has 0 saturated heterocycles. The molecule has 0 unspecified atom stereocenters. The summed E-state index contributed by atoms with van der Waals surface area (Å²) < 4.78 is 40.8. The number of thiol groups is 1. The Morgan fingerprint density at radius 2 is 1.90 bits per heavy atom. The summed E-state index contributed by atoms with van der Waals surface area (Å²) in [4.78, 5) is 11.1. The van der Waals surface area contributed by atoms with E-state index in [0.29, 0.717) is 31.5 Å². The minimum atomic E-state index is -2.89. The van der Waals surface area contributed by atoms with E-state index in [1.165, 1.54) is 28.6 Å². The van der Waals surface area contributed by atoms with E-state index < -0.39 is 22.7 Å². The van der Waals surface area contributed by atoms with Crippen LogP contribution < -0.4 is 4.31 Å². The van der Waals surface area contributed by atoms with Crippen LogP contribution in [-0.2, 0) is 35.1 Å². The van der Waals surface area contributed by atoms with Crippen LogP contribution in [0.5, 0.6) is 0 Å². The fraction of sp³-hybridized carbons (Fsp3) is 0.286. The lowest BCUT2D eigenvalue weighted by Gasteiger charge is -2.32. The number of aryl methyl sites for hydroxylation is 1. The van der Waals surface area contributed by atoms with E-state index in [1.807, 2.05) is 24.3 Å². The quantitative estimate of drug-likeness (QED) is 0.605. The summed E-state index contributed by atoms with van der Waals surface area (Å²) in [5, 5.41) is 10.1. The molecular weight excluding hydrogens is 395 g/mol. The molecule has 1 aliphatic rings. The number of halogens is 1. The molecule has 1 heterocycles. The number of carboxylic acid groups (broad SMARTS) is 1. The van der Waals surface area contributed by atoms with E-state index in [9.17, 15) is 17.6 Å². The number of benzene rings is 2. The number of nitrogens with zero attached hydrogens (tertiary/aromatic N) is 2. The summed E-state index contributed by atoms with van der Waals surface area (Å²) in [5.41, 5.74) is 3.56. The number of carbonyl (C=O) groups is 1. The van der Waals surface area contributed by atoms with E-state index in [2.05, 4.69) is 4.57 Å². The standard InChI is InChI=1S/C21H21FN2O4S/c22-14-5-7-15(8-6-14)24(29(27)28)16-9-10-20-18(13-16)17-3-1-2-4-19(17)23(20)12-11-21(25)26/h1-8,16,29H,9-13H2,(H,25,26)/t16-/m1/s1. The summed E-state index contributed by atoms with van der Waals surface area (Å²) in [6, 6.07) is 13.0. The van der Waals surface area contributed by atoms with E-state index in [0.717, 1.165) is 22.2 Å². The second-order valence-corrected chi connectivity index (χ2v) is 8.10. The SMILES string of the molecule is O=C(O)CCn1c2c(c3ccccc31)C[C@H](N(c1ccc(F)cc1)[SH](=O)=O)CC2. The normalized spacial score (nSPS) is 16.1. The number of fused-ring (bicyclic) bond motifs is 3. The highest BCUT2D eigenvalue weighted by atomic mass is 32.2. The number of para-hydroxylation sites is 1. The van der Waals surface area contributed by atoms with Crippen molar-refractivity contribution in [1.29, 1.82) is 0 Å². The van der Waals surface area contributed by atoms with Crippen LogP contribution in [0.3, 0.4) is 0 Å². The van der Waals surface area contributed by atoms with Crippen LogP contribution >= 0.6 is 0 Å². The van der Waals surface area contributed by atoms with Crippen molar-refractivity contribution in [1.82, 2.24) is 4.57 Å². The molecule has 1 N–H and O–H groups in total. The minimum Gasteiger partial charge on any atom is -0.481 e. The van der Waals surface area contributed by atoms with Gasteiger partial charge in [-0.25, -0.2) is 12.8 Å². The van der Waals surface area contributed by atoms with Crippen molar-refractivity contribution in [2.45, 2.75) is 38.3 Å². The molecule has 0 fully saturated rings. The van der Waals surface area contributed by atoms with Crippen molar-refractivity contribution in [3.8, 4) is 0 Å². The Balaban J connectivity index is 1.73. The van der Waals surface area contributed by atoms with Gasteiger partial charge in [-0.1, -0.05) is 18.2 Å². The number of rotatable bonds is 6. The first-order valence-corrected chi connectivity index (χ1v) is 10.6. The summed E-state index contributed by atoms with van der Waals surface area (Å²) in [6.07, 6.45) is 1.81. The molecule has 0 bridgehead atoms. The molecule has 0 aliphatic heterocycles. The zero-order valence-electron chi connectivity index (χ0n) is 15.6. The lowest BCUT2D eigenvalue weighted by molar-refractivity contribution is -0.137. The molecule has 6 nitrogen and oxygen atoms in total. The van der Waals surface area contributed by atoms with Gasteiger partial charge >= 0.3 is 5.97 Å². The average Bonchev–Trinajstić information content (AvgIpc) is 3.01. The number of anilines is 1. The van der Waals surface area contributed by atoms with E-state index >= 15 is 0 Å². The largest absolute Gasteiger partial charge is 0.481 e. The van der Waals surface area contributed by atoms with Crippen molar-refractivity contribution in [2.75, 3.05) is 4.31 Å². The molecule has 1 atom stereocenters. The summed E-state index contributed by atoms with van der Waals surface area (Å²) >= 11 is 0. The van der Waals surface area contributed by atoms with Gasteiger partial charge in [0.1, 0.15) is 5.82 Å². The third-order valence-electron chi connectivity index (χ3n) is 5.51. The average molecular weight is 416 g/mol. The Morgan fingerprint density at radius 1 is 1.17 bits per heavy atom. The third-order valence-corrected chi connectivity index (χ3v) is 6.42. The molecule has 2 aromatic carbocycles. The second kappa shape index (κ2) is 7.87. The molecule has 0 saturated carbocycles. The monoisotopic (exact) mass is 416 g/mol. The lowest BCUT2D eigenvalue weighted by atomic mass is 9.91. The Morgan fingerprint density at radius 3 is 2.59 bits per heavy atom. The number of aliphatic carboxylic acids is 1. The fourth-order valence-corrected chi connectivity index (χ4v) is 5.07. The van der Waals surface area contributed by atoms with Crippen LogP contribution in [0.15, 0.2) is 48.5 Å². The Hall–Kier alpha value is -2.87. The van der Waals surface area contributed by atoms with Crippen LogP contribution in [0.25, 0.3) is 10.9 Å². The van der Waals surface area contributed by atoms with Gasteiger partial charge in [0.15, 0.2) is 0 Å². The van der Waals surface area contributed by atoms with Crippen LogP contribution in [0.4, 0.5) is 10.1 Å². The number of carboxylic acids is 1. The predicted octanol–water partition coefficient (Wildman–Crippen LogP) is 3.15. The molecule has 0 amide bonds. The van der Waals surface area contributed by atoms with Crippen LogP contribution in [0.1, 0.15) is 24.1 Å². The summed E-state index contributed by atoms with van der Waals surface area (Å²) in [7, 11) is -2.89. The van der Waals surface area contributed by atoms with Gasteiger partial charge in [0.25, 0.3) is 0 Å². The van der Waals surface area contributed by atoms with Crippen molar-refractivity contribution < 1.29 is 22.7 Å². The van der Waals surface area contributed by atoms with Gasteiger partial charge in [0.05, 0.1) is 12.1 Å². The molecule has 1 aromatic heterocycles. The predicted molar refractivity (Wildman–Crippen MR) is 109 cm³/mol. The molecule has 0 radical (unpaired) electrons. The van der Waals surface area contributed by atoms with Crippen molar-refractivity contribution in [3.63, 3.8) is 0 Å². The van der Waals surface area contributed by atoms with Crippen molar-refractivity contribution in [2.24, 2.45) is 0 Å². The zero-order valence-corrected chi connectivity index (χ0v) is 16.5. The molecule has 0 spiro atoms. The lowest BCUT2D eigenvalue weighted by Crippen LogP contribution is -2.38. The van der Waals surface area contributed by atoms with Gasteiger partial charge < -0.3 is 9.67 Å². The molecule has 1 aliphatic carbocycles. The molecule has 8 heteroatoms. The molecule has 152 valence electrons. The topological polar surface area (TPSA) is 79.6 Å². The smallest absolute Gasteiger partial charge is 0.305 e. The van der Waals surface area contributed by atoms with Crippen LogP contribution in [-0.4, -0.2) is 30.1 Å². The molecule has 29 heavy (non-hydrogen) atoms. The summed E-state index contributed by atoms with van der Waals surface area (Å²) in [5.74, 6) is -1.27. The zero-order chi connectivity index (χ0) is 20.5. The first-order valence-electron chi connectivity index (χ1n) is 9.45. The summed E-state index contributed by atoms with van der Waals surface area (Å²) in [6.45, 7) is 0.382. The van der Waals surface area contributed by atoms with Gasteiger partial charge in [-0.3, -0.25) is 9.10 Å². The van der Waals surface area contributed by atoms with Gasteiger partial charge in [0, 0.05) is 29.2 Å². The molecular formula is C21H21FN2O4S. The Labute approximate surface area is 169 Å². The van der Waals surface area contributed by atoms with E-state index in [1.54, 1.807) is 0 Å². The highest BCUT2D eigenvalue weighted by Gasteiger charge is 2.30.